The van der Waals surface area contributed by atoms with Crippen molar-refractivity contribution in [3.8, 4) is 11.8 Å². The van der Waals surface area contributed by atoms with E-state index in [0.717, 1.165) is 29.7 Å². The Morgan fingerprint density at radius 3 is 2.26 bits per heavy atom. The molecule has 1 aliphatic carbocycles. The highest BCUT2D eigenvalue weighted by molar-refractivity contribution is 6.03. The number of nitriles is 1. The molecule has 0 spiro atoms. The van der Waals surface area contributed by atoms with Crippen LogP contribution in [0.2, 0.25) is 0 Å². The predicted molar refractivity (Wildman–Crippen MR) is 142 cm³/mol. The van der Waals surface area contributed by atoms with Crippen LogP contribution in [-0.4, -0.2) is 33.7 Å². The lowest BCUT2D eigenvalue weighted by molar-refractivity contribution is -0.141. The van der Waals surface area contributed by atoms with Crippen molar-refractivity contribution < 1.29 is 31.1 Å². The fourth-order valence-corrected chi connectivity index (χ4v) is 4.81. The molecule has 42 heavy (non-hydrogen) atoms. The normalized spacial score (nSPS) is 14.5. The molecule has 0 bridgehead atoms. The first-order valence-electron chi connectivity index (χ1n) is 12.8. The van der Waals surface area contributed by atoms with Crippen LogP contribution in [0.1, 0.15) is 57.3 Å². The topological polar surface area (TPSA) is 74.0 Å². The van der Waals surface area contributed by atoms with Crippen molar-refractivity contribution in [3.63, 3.8) is 0 Å². The van der Waals surface area contributed by atoms with Crippen molar-refractivity contribution in [1.29, 1.82) is 5.26 Å². The van der Waals surface area contributed by atoms with Crippen molar-refractivity contribution in [2.75, 3.05) is 12.4 Å². The van der Waals surface area contributed by atoms with E-state index in [1.165, 1.54) is 36.4 Å². The number of carbonyl (C=O) groups excluding carboxylic acids is 1. The van der Waals surface area contributed by atoms with Crippen LogP contribution in [0.4, 0.5) is 32.0 Å². The van der Waals surface area contributed by atoms with Gasteiger partial charge in [-0.05, 0) is 73.5 Å². The number of carbonyl (C=O) groups is 1. The summed E-state index contributed by atoms with van der Waals surface area (Å²) < 4.78 is 81.9. The summed E-state index contributed by atoms with van der Waals surface area (Å²) in [5, 5.41) is 15.4. The van der Waals surface area contributed by atoms with Crippen LogP contribution < -0.4 is 5.32 Å². The number of rotatable bonds is 7. The Balaban J connectivity index is 1.50. The number of nitrogens with zero attached hydrogens (tertiary/aromatic N) is 4. The molecule has 6 nitrogen and oxygen atoms in total. The summed E-state index contributed by atoms with van der Waals surface area (Å²) in [5.41, 5.74) is -1.03. The van der Waals surface area contributed by atoms with Crippen LogP contribution >= 0.6 is 0 Å². The van der Waals surface area contributed by atoms with E-state index in [9.17, 15) is 36.4 Å². The Labute approximate surface area is 236 Å². The fourth-order valence-electron chi connectivity index (χ4n) is 4.81. The van der Waals surface area contributed by atoms with Gasteiger partial charge in [0.25, 0.3) is 5.91 Å². The number of amides is 1. The summed E-state index contributed by atoms with van der Waals surface area (Å²) in [5.74, 6) is -0.899. The molecule has 4 aromatic rings. The Hall–Kier alpha value is -4.63. The second-order valence-electron chi connectivity index (χ2n) is 9.99. The van der Waals surface area contributed by atoms with Gasteiger partial charge in [0, 0.05) is 17.8 Å². The molecule has 1 N–H and O–H groups in total. The van der Waals surface area contributed by atoms with Crippen LogP contribution in [0.5, 0.6) is 0 Å². The Bertz CT molecular complexity index is 1670. The first-order chi connectivity index (χ1) is 19.8. The maximum absolute atomic E-state index is 13.5. The summed E-state index contributed by atoms with van der Waals surface area (Å²) in [4.78, 5) is 15.3. The van der Waals surface area contributed by atoms with Gasteiger partial charge in [-0.15, -0.1) is 0 Å². The van der Waals surface area contributed by atoms with E-state index < -0.39 is 41.3 Å². The number of alkyl halides is 6. The molecule has 1 amide bonds. The van der Waals surface area contributed by atoms with Gasteiger partial charge >= 0.3 is 12.4 Å². The minimum Gasteiger partial charge on any atom is -0.321 e. The van der Waals surface area contributed by atoms with Gasteiger partial charge in [-0.1, -0.05) is 30.3 Å². The van der Waals surface area contributed by atoms with Gasteiger partial charge < -0.3 is 5.32 Å². The quantitative estimate of drug-likeness (QED) is 0.233. The van der Waals surface area contributed by atoms with Crippen LogP contribution in [0.15, 0.2) is 78.9 Å². The van der Waals surface area contributed by atoms with Gasteiger partial charge in [0.15, 0.2) is 5.69 Å². The molecule has 216 valence electrons. The SMILES string of the molecule is CN(C1CC1)C(c1cccc(NC(=O)c2cc(C(F)(F)F)nn2-c2cccc(C#N)c2)c1)c1cccc(C(F)(F)F)c1. The Morgan fingerprint density at radius 2 is 1.62 bits per heavy atom. The molecule has 1 saturated carbocycles. The van der Waals surface area contributed by atoms with E-state index >= 15 is 0 Å². The molecule has 12 heteroatoms. The van der Waals surface area contributed by atoms with E-state index in [2.05, 4.69) is 10.4 Å². The molecule has 1 aliphatic rings. The zero-order valence-corrected chi connectivity index (χ0v) is 22.0. The number of hydrogen-bond acceptors (Lipinski definition) is 4. The minimum atomic E-state index is -4.83. The van der Waals surface area contributed by atoms with Gasteiger partial charge in [-0.25, -0.2) is 4.68 Å². The average molecular weight is 584 g/mol. The van der Waals surface area contributed by atoms with Gasteiger partial charge in [0.05, 0.1) is 28.9 Å². The number of hydrogen-bond donors (Lipinski definition) is 1. The highest BCUT2D eigenvalue weighted by Crippen LogP contribution is 2.39. The van der Waals surface area contributed by atoms with E-state index in [-0.39, 0.29) is 23.0 Å². The summed E-state index contributed by atoms with van der Waals surface area (Å²) in [7, 11) is 1.82. The van der Waals surface area contributed by atoms with Crippen LogP contribution in [0.25, 0.3) is 5.69 Å². The summed E-state index contributed by atoms with van der Waals surface area (Å²) in [6, 6.07) is 19.2. The minimum absolute atomic E-state index is 0.0825. The lowest BCUT2D eigenvalue weighted by Crippen LogP contribution is -2.28. The lowest BCUT2D eigenvalue weighted by Gasteiger charge is -2.30. The van der Waals surface area contributed by atoms with Gasteiger partial charge in [0.2, 0.25) is 0 Å². The van der Waals surface area contributed by atoms with Crippen molar-refractivity contribution in [1.82, 2.24) is 14.7 Å². The van der Waals surface area contributed by atoms with Crippen molar-refractivity contribution >= 4 is 11.6 Å². The molecular formula is C30H23F6N5O. The molecule has 0 saturated heterocycles. The van der Waals surface area contributed by atoms with E-state index in [1.807, 2.05) is 18.0 Å². The molecule has 0 radical (unpaired) electrons. The predicted octanol–water partition coefficient (Wildman–Crippen LogP) is 7.22. The third-order valence-electron chi connectivity index (χ3n) is 6.97. The molecule has 1 unspecified atom stereocenters. The summed E-state index contributed by atoms with van der Waals surface area (Å²) in [6.45, 7) is 0. The Kier molecular flexibility index (Phi) is 7.55. The van der Waals surface area contributed by atoms with E-state index in [1.54, 1.807) is 24.3 Å². The largest absolute Gasteiger partial charge is 0.435 e. The summed E-state index contributed by atoms with van der Waals surface area (Å²) in [6.07, 6.45) is -7.58. The maximum Gasteiger partial charge on any atom is 0.435 e. The average Bonchev–Trinajstić information content (AvgIpc) is 3.69. The van der Waals surface area contributed by atoms with Crippen LogP contribution in [0, 0.1) is 11.3 Å². The second kappa shape index (κ2) is 11.0. The number of aromatic nitrogens is 2. The van der Waals surface area contributed by atoms with Crippen LogP contribution in [0.3, 0.4) is 0 Å². The number of halogens is 6. The van der Waals surface area contributed by atoms with Crippen molar-refractivity contribution in [2.45, 2.75) is 37.3 Å². The third kappa shape index (κ3) is 6.16. The molecular weight excluding hydrogens is 560 g/mol. The highest BCUT2D eigenvalue weighted by atomic mass is 19.4. The molecule has 5 rings (SSSR count). The first-order valence-corrected chi connectivity index (χ1v) is 12.8. The highest BCUT2D eigenvalue weighted by Gasteiger charge is 2.37. The van der Waals surface area contributed by atoms with Gasteiger partial charge in [0.1, 0.15) is 5.69 Å². The zero-order valence-electron chi connectivity index (χ0n) is 22.0. The number of benzene rings is 3. The first kappa shape index (κ1) is 28.9. The number of nitrogens with one attached hydrogen (secondary N) is 1. The maximum atomic E-state index is 13.5. The Morgan fingerprint density at radius 1 is 0.952 bits per heavy atom. The second-order valence-corrected chi connectivity index (χ2v) is 9.99. The van der Waals surface area contributed by atoms with E-state index in [0.29, 0.717) is 17.2 Å². The monoisotopic (exact) mass is 583 g/mol. The smallest absolute Gasteiger partial charge is 0.321 e. The van der Waals surface area contributed by atoms with Gasteiger partial charge in [-0.2, -0.15) is 36.7 Å². The van der Waals surface area contributed by atoms with Crippen molar-refractivity contribution in [2.24, 2.45) is 0 Å². The summed E-state index contributed by atoms with van der Waals surface area (Å²) >= 11 is 0. The molecule has 1 aromatic heterocycles. The van der Waals surface area contributed by atoms with Crippen molar-refractivity contribution in [3.05, 3.63) is 113 Å². The molecule has 1 fully saturated rings. The third-order valence-corrected chi connectivity index (χ3v) is 6.97. The molecule has 0 aliphatic heterocycles. The molecule has 3 aromatic carbocycles. The molecule has 1 atom stereocenters. The van der Waals surface area contributed by atoms with Crippen LogP contribution in [-0.2, 0) is 12.4 Å². The zero-order chi connectivity index (χ0) is 30.2. The number of anilines is 1. The fraction of sp³-hybridized carbons (Fsp3) is 0.233. The van der Waals surface area contributed by atoms with E-state index in [4.69, 9.17) is 0 Å². The molecule has 1 heterocycles. The van der Waals surface area contributed by atoms with Gasteiger partial charge in [-0.3, -0.25) is 9.69 Å². The standard InChI is InChI=1S/C30H23F6N5O/c1-40(23-11-12-23)27(19-6-3-8-21(14-19)29(31,32)33)20-7-4-9-22(15-20)38-28(42)25-16-26(30(34,35)36)39-41(25)24-10-2-5-18(13-24)17-37/h2-10,13-16,23,27H,11-12H2,1H3,(H,38,42). The lowest BCUT2D eigenvalue weighted by atomic mass is 9.95.